The van der Waals surface area contributed by atoms with Crippen LogP contribution in [0.3, 0.4) is 0 Å². The third kappa shape index (κ3) is 1.61. The van der Waals surface area contributed by atoms with E-state index in [-0.39, 0.29) is 0 Å². The number of hydrogen-bond acceptors (Lipinski definition) is 3. The molecule has 84 valence electrons. The molecule has 0 spiro atoms. The lowest BCUT2D eigenvalue weighted by Gasteiger charge is -2.05. The fraction of sp³-hybridized carbons (Fsp3) is 0.0714. The molecule has 1 atom stereocenters. The molecule has 1 unspecified atom stereocenters. The van der Waals surface area contributed by atoms with Crippen LogP contribution in [-0.4, -0.2) is 17.4 Å². The minimum Gasteiger partial charge on any atom is -0.428 e. The van der Waals surface area contributed by atoms with Crippen LogP contribution in [0.15, 0.2) is 48.5 Å². The summed E-state index contributed by atoms with van der Waals surface area (Å²) in [4.78, 5) is 11.6. The van der Waals surface area contributed by atoms with E-state index in [0.29, 0.717) is 5.57 Å². The minimum atomic E-state index is -1.13. The molecule has 0 aromatic heterocycles. The van der Waals surface area contributed by atoms with Crippen LogP contribution >= 0.6 is 0 Å². The summed E-state index contributed by atoms with van der Waals surface area (Å²) in [6.45, 7) is 0. The Morgan fingerprint density at radius 2 is 1.82 bits per heavy atom. The van der Waals surface area contributed by atoms with Crippen molar-refractivity contribution in [1.82, 2.24) is 0 Å². The normalized spacial score (nSPS) is 19.2. The molecule has 2 aromatic carbocycles. The molecule has 3 rings (SSSR count). The predicted octanol–water partition coefficient (Wildman–Crippen LogP) is 2.10. The van der Waals surface area contributed by atoms with Crippen LogP contribution in [0.1, 0.15) is 5.56 Å². The Balaban J connectivity index is 2.25. The van der Waals surface area contributed by atoms with E-state index in [4.69, 9.17) is 4.74 Å². The molecule has 0 saturated heterocycles. The van der Waals surface area contributed by atoms with Gasteiger partial charge in [0.15, 0.2) is 0 Å². The van der Waals surface area contributed by atoms with Gasteiger partial charge in [-0.1, -0.05) is 42.5 Å². The van der Waals surface area contributed by atoms with Crippen molar-refractivity contribution in [2.75, 3.05) is 0 Å². The molecule has 0 amide bonds. The second-order valence-corrected chi connectivity index (χ2v) is 3.90. The maximum atomic E-state index is 11.6. The van der Waals surface area contributed by atoms with E-state index in [1.807, 2.05) is 42.5 Å². The number of hydrogen-bond donors (Lipinski definition) is 1. The molecule has 0 saturated carbocycles. The third-order valence-electron chi connectivity index (χ3n) is 2.84. The number of esters is 1. The van der Waals surface area contributed by atoms with Gasteiger partial charge in [0, 0.05) is 0 Å². The van der Waals surface area contributed by atoms with Crippen molar-refractivity contribution in [3.8, 4) is 0 Å². The molecule has 2 aromatic rings. The highest BCUT2D eigenvalue weighted by Crippen LogP contribution is 2.29. The standard InChI is InChI=1S/C14H10O3/c15-13-8-12(14(16)17-13)11-7-3-5-9-4-1-2-6-10(9)11/h1-8,13,15H. The molecule has 0 fully saturated rings. The summed E-state index contributed by atoms with van der Waals surface area (Å²) < 4.78 is 4.70. The molecule has 0 aliphatic carbocycles. The molecule has 3 nitrogen and oxygen atoms in total. The predicted molar refractivity (Wildman–Crippen MR) is 64.0 cm³/mol. The minimum absolute atomic E-state index is 0.425. The van der Waals surface area contributed by atoms with Gasteiger partial charge in [0.2, 0.25) is 6.29 Å². The molecule has 3 heteroatoms. The van der Waals surface area contributed by atoms with Crippen LogP contribution in [-0.2, 0) is 9.53 Å². The van der Waals surface area contributed by atoms with Gasteiger partial charge in [-0.05, 0) is 22.4 Å². The largest absolute Gasteiger partial charge is 0.428 e. The van der Waals surface area contributed by atoms with Crippen LogP contribution < -0.4 is 0 Å². The number of rotatable bonds is 1. The number of benzene rings is 2. The first-order chi connectivity index (χ1) is 8.25. The summed E-state index contributed by atoms with van der Waals surface area (Å²) in [6, 6.07) is 13.5. The fourth-order valence-corrected chi connectivity index (χ4v) is 2.08. The number of carbonyl (C=O) groups excluding carboxylic acids is 1. The first kappa shape index (κ1) is 10.1. The summed E-state index contributed by atoms with van der Waals surface area (Å²) >= 11 is 0. The third-order valence-corrected chi connectivity index (χ3v) is 2.84. The van der Waals surface area contributed by atoms with Crippen molar-refractivity contribution < 1.29 is 14.6 Å². The summed E-state index contributed by atoms with van der Waals surface area (Å²) in [5.74, 6) is -0.478. The Morgan fingerprint density at radius 1 is 1.06 bits per heavy atom. The van der Waals surface area contributed by atoms with E-state index in [0.717, 1.165) is 16.3 Å². The molecule has 0 radical (unpaired) electrons. The van der Waals surface area contributed by atoms with E-state index < -0.39 is 12.3 Å². The van der Waals surface area contributed by atoms with Crippen LogP contribution in [0.4, 0.5) is 0 Å². The quantitative estimate of drug-likeness (QED) is 0.757. The Morgan fingerprint density at radius 3 is 2.59 bits per heavy atom. The molecular weight excluding hydrogens is 216 g/mol. The molecule has 1 aliphatic heterocycles. The molecule has 1 aliphatic rings. The van der Waals surface area contributed by atoms with Gasteiger partial charge in [0.1, 0.15) is 0 Å². The Hall–Kier alpha value is -2.13. The van der Waals surface area contributed by atoms with Gasteiger partial charge in [0.25, 0.3) is 0 Å². The Kier molecular flexibility index (Phi) is 2.20. The number of fused-ring (bicyclic) bond motifs is 1. The SMILES string of the molecule is O=C1OC(O)C=C1c1cccc2ccccc12. The summed E-state index contributed by atoms with van der Waals surface area (Å²) in [7, 11) is 0. The van der Waals surface area contributed by atoms with Gasteiger partial charge < -0.3 is 9.84 Å². The summed E-state index contributed by atoms with van der Waals surface area (Å²) in [6.07, 6.45) is 0.306. The number of carbonyl (C=O) groups is 1. The monoisotopic (exact) mass is 226 g/mol. The van der Waals surface area contributed by atoms with Gasteiger partial charge in [-0.2, -0.15) is 0 Å². The molecule has 1 heterocycles. The van der Waals surface area contributed by atoms with Crippen molar-refractivity contribution in [1.29, 1.82) is 0 Å². The Bertz CT molecular complexity index is 623. The second-order valence-electron chi connectivity index (χ2n) is 3.90. The lowest BCUT2D eigenvalue weighted by atomic mass is 9.99. The Labute approximate surface area is 97.9 Å². The maximum Gasteiger partial charge on any atom is 0.341 e. The van der Waals surface area contributed by atoms with E-state index in [2.05, 4.69) is 0 Å². The number of cyclic esters (lactones) is 1. The fourth-order valence-electron chi connectivity index (χ4n) is 2.08. The van der Waals surface area contributed by atoms with Crippen molar-refractivity contribution in [2.45, 2.75) is 6.29 Å². The highest BCUT2D eigenvalue weighted by atomic mass is 16.6. The molecular formula is C14H10O3. The van der Waals surface area contributed by atoms with E-state index in [1.54, 1.807) is 0 Å². The van der Waals surface area contributed by atoms with Gasteiger partial charge in [-0.25, -0.2) is 4.79 Å². The zero-order chi connectivity index (χ0) is 11.8. The number of aliphatic hydroxyl groups is 1. The first-order valence-corrected chi connectivity index (χ1v) is 5.35. The van der Waals surface area contributed by atoms with Crippen LogP contribution in [0, 0.1) is 0 Å². The van der Waals surface area contributed by atoms with Crippen LogP contribution in [0.25, 0.3) is 16.3 Å². The average Bonchev–Trinajstić information content (AvgIpc) is 2.68. The van der Waals surface area contributed by atoms with Gasteiger partial charge in [-0.15, -0.1) is 0 Å². The number of aliphatic hydroxyl groups excluding tert-OH is 1. The van der Waals surface area contributed by atoms with Gasteiger partial charge in [-0.3, -0.25) is 0 Å². The highest BCUT2D eigenvalue weighted by Gasteiger charge is 2.25. The topological polar surface area (TPSA) is 46.5 Å². The highest BCUT2D eigenvalue weighted by molar-refractivity contribution is 6.21. The summed E-state index contributed by atoms with van der Waals surface area (Å²) in [5, 5.41) is 11.3. The van der Waals surface area contributed by atoms with Crippen LogP contribution in [0.2, 0.25) is 0 Å². The average molecular weight is 226 g/mol. The van der Waals surface area contributed by atoms with Gasteiger partial charge >= 0.3 is 5.97 Å². The van der Waals surface area contributed by atoms with E-state index in [9.17, 15) is 9.90 Å². The molecule has 17 heavy (non-hydrogen) atoms. The van der Waals surface area contributed by atoms with Gasteiger partial charge in [0.05, 0.1) is 5.57 Å². The van der Waals surface area contributed by atoms with Crippen molar-refractivity contribution in [3.63, 3.8) is 0 Å². The van der Waals surface area contributed by atoms with E-state index in [1.165, 1.54) is 6.08 Å². The summed E-state index contributed by atoms with van der Waals surface area (Å²) in [5.41, 5.74) is 1.22. The van der Waals surface area contributed by atoms with Crippen molar-refractivity contribution in [2.24, 2.45) is 0 Å². The lowest BCUT2D eigenvalue weighted by molar-refractivity contribution is -0.149. The first-order valence-electron chi connectivity index (χ1n) is 5.35. The zero-order valence-electron chi connectivity index (χ0n) is 8.96. The lowest BCUT2D eigenvalue weighted by Crippen LogP contribution is -2.06. The molecule has 0 bridgehead atoms. The van der Waals surface area contributed by atoms with Crippen LogP contribution in [0.5, 0.6) is 0 Å². The number of ether oxygens (including phenoxy) is 1. The molecule has 1 N–H and O–H groups in total. The second kappa shape index (κ2) is 3.71. The van der Waals surface area contributed by atoms with E-state index >= 15 is 0 Å². The van der Waals surface area contributed by atoms with Crippen molar-refractivity contribution >= 4 is 22.3 Å². The zero-order valence-corrected chi connectivity index (χ0v) is 8.96. The maximum absolute atomic E-state index is 11.6. The smallest absolute Gasteiger partial charge is 0.341 e. The van der Waals surface area contributed by atoms with Crippen molar-refractivity contribution in [3.05, 3.63) is 54.1 Å².